The average molecular weight is 239 g/mol. The normalized spacial score (nSPS) is 11.4. The molecule has 0 unspecified atom stereocenters. The summed E-state index contributed by atoms with van der Waals surface area (Å²) in [5.74, 6) is 0. The van der Waals surface area contributed by atoms with E-state index in [-0.39, 0.29) is 0 Å². The van der Waals surface area contributed by atoms with Gasteiger partial charge in [0, 0.05) is 12.8 Å². The lowest BCUT2D eigenvalue weighted by Crippen LogP contribution is -2.33. The van der Waals surface area contributed by atoms with Gasteiger partial charge in [-0.2, -0.15) is 0 Å². The van der Waals surface area contributed by atoms with Crippen molar-refractivity contribution in [3.63, 3.8) is 0 Å². The van der Waals surface area contributed by atoms with E-state index in [0.717, 1.165) is 11.1 Å². The van der Waals surface area contributed by atoms with E-state index in [2.05, 4.69) is 24.3 Å². The maximum Gasteiger partial charge on any atom is 0.0757 e. The van der Waals surface area contributed by atoms with Crippen LogP contribution in [-0.2, 0) is 12.8 Å². The molecule has 18 heavy (non-hydrogen) atoms. The predicted molar refractivity (Wildman–Crippen MR) is 75.2 cm³/mol. The summed E-state index contributed by atoms with van der Waals surface area (Å²) in [6, 6.07) is 20.2. The molecule has 0 aromatic heterocycles. The first-order chi connectivity index (χ1) is 8.72. The van der Waals surface area contributed by atoms with Gasteiger partial charge in [-0.1, -0.05) is 67.6 Å². The first-order valence-corrected chi connectivity index (χ1v) is 6.33. The zero-order chi connectivity index (χ0) is 12.8. The fourth-order valence-corrected chi connectivity index (χ4v) is 2.17. The second kappa shape index (κ2) is 5.83. The SMILES string of the molecule is C[CH]C(O)(Cc1ccccc1)Cc1ccccc1. The predicted octanol–water partition coefficient (Wildman–Crippen LogP) is 3.43. The Labute approximate surface area is 109 Å². The molecule has 1 radical (unpaired) electrons. The monoisotopic (exact) mass is 239 g/mol. The highest BCUT2D eigenvalue weighted by Gasteiger charge is 2.25. The third-order valence-electron chi connectivity index (χ3n) is 3.24. The second-order valence-corrected chi connectivity index (χ2v) is 4.72. The van der Waals surface area contributed by atoms with Crippen LogP contribution in [0.2, 0.25) is 0 Å². The second-order valence-electron chi connectivity index (χ2n) is 4.72. The summed E-state index contributed by atoms with van der Waals surface area (Å²) in [6.45, 7) is 1.92. The van der Waals surface area contributed by atoms with Crippen molar-refractivity contribution in [2.75, 3.05) is 0 Å². The first kappa shape index (κ1) is 12.8. The molecule has 0 aliphatic rings. The minimum absolute atomic E-state index is 0.652. The smallest absolute Gasteiger partial charge is 0.0757 e. The highest BCUT2D eigenvalue weighted by Crippen LogP contribution is 2.21. The van der Waals surface area contributed by atoms with Crippen LogP contribution in [0.4, 0.5) is 0 Å². The number of benzene rings is 2. The Morgan fingerprint density at radius 3 is 1.56 bits per heavy atom. The fourth-order valence-electron chi connectivity index (χ4n) is 2.17. The van der Waals surface area contributed by atoms with Crippen molar-refractivity contribution in [1.82, 2.24) is 0 Å². The molecule has 1 N–H and O–H groups in total. The van der Waals surface area contributed by atoms with Gasteiger partial charge in [-0.15, -0.1) is 0 Å². The molecule has 0 saturated carbocycles. The van der Waals surface area contributed by atoms with Gasteiger partial charge in [-0.25, -0.2) is 0 Å². The van der Waals surface area contributed by atoms with Crippen LogP contribution in [0.5, 0.6) is 0 Å². The highest BCUT2D eigenvalue weighted by atomic mass is 16.3. The van der Waals surface area contributed by atoms with Crippen LogP contribution in [0.3, 0.4) is 0 Å². The number of hydrogen-bond donors (Lipinski definition) is 1. The lowest BCUT2D eigenvalue weighted by molar-refractivity contribution is 0.0750. The zero-order valence-electron chi connectivity index (χ0n) is 10.7. The van der Waals surface area contributed by atoms with Crippen LogP contribution < -0.4 is 0 Å². The average Bonchev–Trinajstić information content (AvgIpc) is 2.41. The standard InChI is InChI=1S/C17H19O/c1-2-17(18,13-15-9-5-3-6-10-15)14-16-11-7-4-8-12-16/h2-12,18H,13-14H2,1H3. The van der Waals surface area contributed by atoms with E-state index >= 15 is 0 Å². The van der Waals surface area contributed by atoms with Crippen molar-refractivity contribution in [3.05, 3.63) is 78.2 Å². The molecule has 1 heteroatoms. The number of rotatable bonds is 5. The lowest BCUT2D eigenvalue weighted by Gasteiger charge is -2.27. The molecule has 0 spiro atoms. The molecule has 0 amide bonds. The van der Waals surface area contributed by atoms with Gasteiger partial charge < -0.3 is 5.11 Å². The molecule has 0 aliphatic carbocycles. The van der Waals surface area contributed by atoms with Crippen molar-refractivity contribution < 1.29 is 5.11 Å². The largest absolute Gasteiger partial charge is 0.389 e. The summed E-state index contributed by atoms with van der Waals surface area (Å²) in [6.07, 6.45) is 3.20. The van der Waals surface area contributed by atoms with E-state index in [1.165, 1.54) is 0 Å². The van der Waals surface area contributed by atoms with Crippen molar-refractivity contribution in [3.8, 4) is 0 Å². The van der Waals surface area contributed by atoms with Gasteiger partial charge in [0.25, 0.3) is 0 Å². The highest BCUT2D eigenvalue weighted by molar-refractivity contribution is 5.23. The zero-order valence-corrected chi connectivity index (χ0v) is 10.7. The Kier molecular flexibility index (Phi) is 4.16. The molecular formula is C17H19O. The molecule has 1 nitrogen and oxygen atoms in total. The van der Waals surface area contributed by atoms with Crippen LogP contribution in [-0.4, -0.2) is 10.7 Å². The van der Waals surface area contributed by atoms with Crippen LogP contribution in [0.15, 0.2) is 60.7 Å². The summed E-state index contributed by atoms with van der Waals surface area (Å²) in [4.78, 5) is 0. The van der Waals surface area contributed by atoms with Crippen molar-refractivity contribution in [2.24, 2.45) is 0 Å². The van der Waals surface area contributed by atoms with E-state index in [4.69, 9.17) is 0 Å². The summed E-state index contributed by atoms with van der Waals surface area (Å²) in [5, 5.41) is 10.7. The Hall–Kier alpha value is -1.60. The molecule has 0 saturated heterocycles. The van der Waals surface area contributed by atoms with E-state index in [1.807, 2.05) is 49.7 Å². The molecule has 0 fully saturated rings. The van der Waals surface area contributed by atoms with Crippen LogP contribution >= 0.6 is 0 Å². The minimum atomic E-state index is -0.775. The van der Waals surface area contributed by atoms with Gasteiger partial charge in [0.15, 0.2) is 0 Å². The fraction of sp³-hybridized carbons (Fsp3) is 0.235. The first-order valence-electron chi connectivity index (χ1n) is 6.33. The Balaban J connectivity index is 2.11. The van der Waals surface area contributed by atoms with Gasteiger partial charge in [0.2, 0.25) is 0 Å². The van der Waals surface area contributed by atoms with E-state index in [9.17, 15) is 5.11 Å². The summed E-state index contributed by atoms with van der Waals surface area (Å²) >= 11 is 0. The maximum absolute atomic E-state index is 10.7. The van der Waals surface area contributed by atoms with Crippen molar-refractivity contribution >= 4 is 0 Å². The van der Waals surface area contributed by atoms with Gasteiger partial charge in [0.05, 0.1) is 5.60 Å². The summed E-state index contributed by atoms with van der Waals surface area (Å²) < 4.78 is 0. The number of hydrogen-bond acceptors (Lipinski definition) is 1. The molecular weight excluding hydrogens is 220 g/mol. The molecule has 2 aromatic carbocycles. The maximum atomic E-state index is 10.7. The number of aliphatic hydroxyl groups is 1. The van der Waals surface area contributed by atoms with Crippen LogP contribution in [0, 0.1) is 6.42 Å². The molecule has 2 rings (SSSR count). The molecule has 93 valence electrons. The third kappa shape index (κ3) is 3.44. The Bertz CT molecular complexity index is 420. The van der Waals surface area contributed by atoms with Gasteiger partial charge in [0.1, 0.15) is 0 Å². The van der Waals surface area contributed by atoms with E-state index < -0.39 is 5.60 Å². The Morgan fingerprint density at radius 1 is 0.833 bits per heavy atom. The molecule has 0 bridgehead atoms. The molecule has 0 atom stereocenters. The Morgan fingerprint density at radius 2 is 1.22 bits per heavy atom. The van der Waals surface area contributed by atoms with Crippen molar-refractivity contribution in [2.45, 2.75) is 25.4 Å². The van der Waals surface area contributed by atoms with Crippen LogP contribution in [0.25, 0.3) is 0 Å². The molecule has 0 heterocycles. The van der Waals surface area contributed by atoms with Crippen molar-refractivity contribution in [1.29, 1.82) is 0 Å². The minimum Gasteiger partial charge on any atom is -0.389 e. The lowest BCUT2D eigenvalue weighted by atomic mass is 9.86. The molecule has 2 aromatic rings. The van der Waals surface area contributed by atoms with Gasteiger partial charge in [-0.3, -0.25) is 0 Å². The molecule has 0 aliphatic heterocycles. The third-order valence-corrected chi connectivity index (χ3v) is 3.24. The van der Waals surface area contributed by atoms with Gasteiger partial charge in [-0.05, 0) is 17.5 Å². The van der Waals surface area contributed by atoms with Gasteiger partial charge >= 0.3 is 0 Å². The summed E-state index contributed by atoms with van der Waals surface area (Å²) in [5.41, 5.74) is 1.55. The summed E-state index contributed by atoms with van der Waals surface area (Å²) in [7, 11) is 0. The van der Waals surface area contributed by atoms with E-state index in [0.29, 0.717) is 12.8 Å². The quantitative estimate of drug-likeness (QED) is 0.847. The van der Waals surface area contributed by atoms with E-state index in [1.54, 1.807) is 0 Å². The van der Waals surface area contributed by atoms with Crippen LogP contribution in [0.1, 0.15) is 18.1 Å². The topological polar surface area (TPSA) is 20.2 Å².